The van der Waals surface area contributed by atoms with Crippen LogP contribution in [0.4, 0.5) is 0 Å². The Labute approximate surface area is 144 Å². The minimum atomic E-state index is -3.57. The van der Waals surface area contributed by atoms with Crippen molar-refractivity contribution < 1.29 is 24.2 Å². The zero-order valence-electron chi connectivity index (χ0n) is 14.2. The number of rotatable bonds is 14. The van der Waals surface area contributed by atoms with Crippen LogP contribution in [0, 0.1) is 0 Å². The Morgan fingerprint density at radius 3 is 1.87 bits per heavy atom. The molecule has 0 radical (unpaired) electrons. The minimum absolute atomic E-state index is 0.253. The minimum Gasteiger partial charge on any atom is -0.463 e. The topological polar surface area (TPSA) is 87.0 Å². The van der Waals surface area contributed by atoms with Crippen molar-refractivity contribution in [2.24, 2.45) is 0 Å². The lowest BCUT2D eigenvalue weighted by Crippen LogP contribution is -2.01. The van der Waals surface area contributed by atoms with Gasteiger partial charge < -0.3 is 19.4 Å². The highest BCUT2D eigenvalue weighted by Gasteiger charge is 1.99. The molecule has 0 amide bonds. The quantitative estimate of drug-likeness (QED) is 0.124. The molecule has 0 atom stereocenters. The van der Waals surface area contributed by atoms with Crippen molar-refractivity contribution in [2.75, 3.05) is 12.4 Å². The van der Waals surface area contributed by atoms with Gasteiger partial charge in [0.05, 0.1) is 6.61 Å². The molecule has 0 saturated heterocycles. The van der Waals surface area contributed by atoms with E-state index in [1.807, 2.05) is 0 Å². The van der Waals surface area contributed by atoms with Crippen LogP contribution >= 0.6 is 6.72 Å². The predicted octanol–water partition coefficient (Wildman–Crippen LogP) is 3.48. The summed E-state index contributed by atoms with van der Waals surface area (Å²) in [5, 5.41) is 0. The lowest BCUT2D eigenvalue weighted by Gasteiger charge is -2.04. The van der Waals surface area contributed by atoms with E-state index in [4.69, 9.17) is 19.4 Å². The number of allylic oxidation sites excluding steroid dienone is 1. The molecule has 0 aromatic rings. The van der Waals surface area contributed by atoms with E-state index < -0.39 is 6.72 Å². The Morgan fingerprint density at radius 1 is 0.913 bits per heavy atom. The molecule has 0 unspecified atom stereocenters. The molecule has 0 fully saturated rings. The van der Waals surface area contributed by atoms with Gasteiger partial charge in [-0.2, -0.15) is 0 Å². The van der Waals surface area contributed by atoms with Gasteiger partial charge in [-0.3, -0.25) is 0 Å². The Kier molecular flexibility index (Phi) is 15.3. The average Bonchev–Trinajstić information content (AvgIpc) is 2.46. The summed E-state index contributed by atoms with van der Waals surface area (Å²) in [6, 6.07) is 0. The van der Waals surface area contributed by atoms with E-state index in [-0.39, 0.29) is 5.97 Å². The maximum Gasteiger partial charge on any atom is 0.330 e. The molecule has 23 heavy (non-hydrogen) atoms. The van der Waals surface area contributed by atoms with Crippen LogP contribution in [-0.2, 0) is 20.5 Å². The second-order valence-corrected chi connectivity index (χ2v) is 9.87. The summed E-state index contributed by atoms with van der Waals surface area (Å²) in [6.07, 6.45) is 14.5. The van der Waals surface area contributed by atoms with Gasteiger partial charge in [0.15, 0.2) is 0 Å². The summed E-state index contributed by atoms with van der Waals surface area (Å²) < 4.78 is 5.02. The van der Waals surface area contributed by atoms with E-state index in [2.05, 4.69) is 0 Å². The molecule has 0 aliphatic heterocycles. The van der Waals surface area contributed by atoms with Gasteiger partial charge in [-0.15, -0.1) is 10.9 Å². The first-order valence-corrected chi connectivity index (χ1v) is 11.9. The highest BCUT2D eigenvalue weighted by Crippen LogP contribution is 2.31. The van der Waals surface area contributed by atoms with Crippen LogP contribution in [0.25, 0.3) is 0 Å². The van der Waals surface area contributed by atoms with Gasteiger partial charge in [0, 0.05) is 6.08 Å². The molecule has 0 bridgehead atoms. The second kappa shape index (κ2) is 15.4. The number of hydrogen-bond donors (Lipinski definition) is 4. The summed E-state index contributed by atoms with van der Waals surface area (Å²) in [7, 11) is 0.378. The highest BCUT2D eigenvalue weighted by molar-refractivity contribution is 8.16. The number of carbonyl (C=O) groups excluding carboxylic acids is 1. The van der Waals surface area contributed by atoms with Crippen molar-refractivity contribution in [3.63, 3.8) is 0 Å². The first-order chi connectivity index (χ1) is 11.0. The maximum absolute atomic E-state index is 11.0. The zero-order chi connectivity index (χ0) is 17.4. The molecule has 0 aromatic carbocycles. The summed E-state index contributed by atoms with van der Waals surface area (Å²) in [4.78, 5) is 37.5. The van der Waals surface area contributed by atoms with Gasteiger partial charge >= 0.3 is 5.97 Å². The monoisotopic (exact) mass is 368 g/mol. The standard InChI is InChI=1S/C16H33O5PS/c1-2-13-16(17)21-14-11-9-7-5-3-4-6-8-10-12-15-23-22(18,19)20/h2,13,18-20,23H,3-12,14-15H2,1H3. The summed E-state index contributed by atoms with van der Waals surface area (Å²) in [5.41, 5.74) is 0. The number of carbonyl (C=O) groups is 1. The highest BCUT2D eigenvalue weighted by atomic mass is 32.5. The molecular formula is C16H33O5PS. The SMILES string of the molecule is CC=CC(=O)OCCCCCCCCCCCC[SH]=P(O)(O)O. The third kappa shape index (κ3) is 19.8. The van der Waals surface area contributed by atoms with E-state index in [1.54, 1.807) is 13.0 Å². The van der Waals surface area contributed by atoms with Crippen LogP contribution in [-0.4, -0.2) is 33.0 Å². The van der Waals surface area contributed by atoms with Gasteiger partial charge in [0.25, 0.3) is 6.72 Å². The number of esters is 1. The molecule has 138 valence electrons. The molecular weight excluding hydrogens is 335 g/mol. The van der Waals surface area contributed by atoms with E-state index in [1.165, 1.54) is 44.6 Å². The van der Waals surface area contributed by atoms with Gasteiger partial charge in [0.1, 0.15) is 0 Å². The molecule has 3 N–H and O–H groups in total. The van der Waals surface area contributed by atoms with Crippen LogP contribution < -0.4 is 0 Å². The Bertz CT molecular complexity index is 370. The molecule has 0 aromatic heterocycles. The molecule has 0 rings (SSSR count). The summed E-state index contributed by atoms with van der Waals surface area (Å²) >= 11 is 0. The first-order valence-electron chi connectivity index (χ1n) is 8.51. The average molecular weight is 368 g/mol. The van der Waals surface area contributed by atoms with E-state index >= 15 is 0 Å². The predicted molar refractivity (Wildman–Crippen MR) is 99.1 cm³/mol. The van der Waals surface area contributed by atoms with Crippen molar-refractivity contribution in [2.45, 2.75) is 71.1 Å². The molecule has 0 heterocycles. The van der Waals surface area contributed by atoms with Gasteiger partial charge in [-0.05, 0) is 25.5 Å². The molecule has 0 saturated carbocycles. The fraction of sp³-hybridized carbons (Fsp3) is 0.812. The summed E-state index contributed by atoms with van der Waals surface area (Å²) in [5.74, 6) is 0.409. The maximum atomic E-state index is 11.0. The normalized spacial score (nSPS) is 12.0. The smallest absolute Gasteiger partial charge is 0.330 e. The Morgan fingerprint density at radius 2 is 1.39 bits per heavy atom. The largest absolute Gasteiger partial charge is 0.463 e. The lowest BCUT2D eigenvalue weighted by molar-refractivity contribution is -0.137. The third-order valence-corrected chi connectivity index (χ3v) is 6.02. The second-order valence-electron chi connectivity index (χ2n) is 5.60. The van der Waals surface area contributed by atoms with E-state index in [0.29, 0.717) is 23.3 Å². The van der Waals surface area contributed by atoms with Crippen molar-refractivity contribution in [1.29, 1.82) is 0 Å². The van der Waals surface area contributed by atoms with Crippen molar-refractivity contribution >= 4 is 23.6 Å². The van der Waals surface area contributed by atoms with Gasteiger partial charge in [0.2, 0.25) is 0 Å². The molecule has 0 spiro atoms. The van der Waals surface area contributed by atoms with Crippen LogP contribution in [0.2, 0.25) is 0 Å². The van der Waals surface area contributed by atoms with Crippen LogP contribution in [0.15, 0.2) is 12.2 Å². The number of unbranched alkanes of at least 4 members (excludes halogenated alkanes) is 9. The Balaban J connectivity index is 3.18. The van der Waals surface area contributed by atoms with Crippen molar-refractivity contribution in [3.8, 4) is 0 Å². The molecule has 0 aliphatic rings. The number of ether oxygens (including phenoxy) is 1. The van der Waals surface area contributed by atoms with Crippen LogP contribution in [0.5, 0.6) is 0 Å². The van der Waals surface area contributed by atoms with E-state index in [9.17, 15) is 4.79 Å². The molecule has 5 nitrogen and oxygen atoms in total. The third-order valence-electron chi connectivity index (χ3n) is 3.39. The molecule has 7 heteroatoms. The summed E-state index contributed by atoms with van der Waals surface area (Å²) in [6.45, 7) is -1.25. The fourth-order valence-electron chi connectivity index (χ4n) is 2.19. The first kappa shape index (κ1) is 22.9. The number of thiol groups is 1. The fourth-order valence-corrected chi connectivity index (χ4v) is 4.05. The van der Waals surface area contributed by atoms with Gasteiger partial charge in [-0.1, -0.05) is 57.4 Å². The van der Waals surface area contributed by atoms with Gasteiger partial charge in [-0.25, -0.2) is 4.79 Å². The van der Waals surface area contributed by atoms with Crippen LogP contribution in [0.3, 0.4) is 0 Å². The van der Waals surface area contributed by atoms with Crippen molar-refractivity contribution in [3.05, 3.63) is 12.2 Å². The molecule has 0 aliphatic carbocycles. The van der Waals surface area contributed by atoms with Crippen LogP contribution in [0.1, 0.15) is 71.1 Å². The zero-order valence-corrected chi connectivity index (χ0v) is 16.0. The van der Waals surface area contributed by atoms with Crippen molar-refractivity contribution in [1.82, 2.24) is 0 Å². The Hall–Kier alpha value is -0.130. The lowest BCUT2D eigenvalue weighted by atomic mass is 10.1. The van der Waals surface area contributed by atoms with E-state index in [0.717, 1.165) is 25.7 Å². The number of hydrogen-bond acceptors (Lipinski definition) is 2.